The van der Waals surface area contributed by atoms with E-state index in [1.165, 1.54) is 11.3 Å². The number of aryl methyl sites for hydroxylation is 1. The molecule has 2 unspecified atom stereocenters. The average Bonchev–Trinajstić information content (AvgIpc) is 2.56. The first-order valence-electron chi connectivity index (χ1n) is 6.40. The first kappa shape index (κ1) is 15.4. The molecule has 0 radical (unpaired) electrons. The zero-order chi connectivity index (χ0) is 13.7. The van der Waals surface area contributed by atoms with Crippen molar-refractivity contribution >= 4 is 29.5 Å². The van der Waals surface area contributed by atoms with Crippen LogP contribution in [-0.2, 0) is 11.2 Å². The van der Waals surface area contributed by atoms with Gasteiger partial charge in [0, 0.05) is 16.6 Å². The van der Waals surface area contributed by atoms with Crippen LogP contribution in [-0.4, -0.2) is 16.9 Å². The Kier molecular flexibility index (Phi) is 6.02. The zero-order valence-electron chi connectivity index (χ0n) is 11.5. The van der Waals surface area contributed by atoms with E-state index in [0.717, 1.165) is 27.4 Å². The summed E-state index contributed by atoms with van der Waals surface area (Å²) in [4.78, 5) is 16.0. The van der Waals surface area contributed by atoms with Crippen molar-refractivity contribution in [3.8, 4) is 0 Å². The number of nitrogens with one attached hydrogen (secondary N) is 2. The molecule has 102 valence electrons. The third kappa shape index (κ3) is 4.90. The van der Waals surface area contributed by atoms with Gasteiger partial charge in [-0.3, -0.25) is 4.79 Å². The Bertz CT molecular complexity index is 450. The van der Waals surface area contributed by atoms with Crippen LogP contribution >= 0.6 is 23.6 Å². The van der Waals surface area contributed by atoms with Crippen LogP contribution < -0.4 is 5.32 Å². The van der Waals surface area contributed by atoms with E-state index in [1.807, 2.05) is 6.92 Å². The molecular weight excluding hydrogens is 264 g/mol. The Balaban J connectivity index is 2.47. The number of amides is 1. The monoisotopic (exact) mass is 286 g/mol. The molecule has 1 aromatic heterocycles. The van der Waals surface area contributed by atoms with Gasteiger partial charge < -0.3 is 10.3 Å². The molecule has 0 saturated heterocycles. The van der Waals surface area contributed by atoms with Gasteiger partial charge in [-0.2, -0.15) is 0 Å². The lowest BCUT2D eigenvalue weighted by Crippen LogP contribution is -2.34. The van der Waals surface area contributed by atoms with Gasteiger partial charge in [-0.1, -0.05) is 20.3 Å². The fourth-order valence-corrected chi connectivity index (χ4v) is 3.20. The normalized spacial score (nSPS) is 14.2. The van der Waals surface area contributed by atoms with Gasteiger partial charge in [-0.15, -0.1) is 11.3 Å². The zero-order valence-corrected chi connectivity index (χ0v) is 13.1. The van der Waals surface area contributed by atoms with E-state index >= 15 is 0 Å². The van der Waals surface area contributed by atoms with Crippen molar-refractivity contribution in [1.29, 1.82) is 0 Å². The topological polar surface area (TPSA) is 44.9 Å². The number of aromatic nitrogens is 1. The van der Waals surface area contributed by atoms with Crippen LogP contribution in [0.3, 0.4) is 0 Å². The Labute approximate surface area is 118 Å². The van der Waals surface area contributed by atoms with Gasteiger partial charge in [-0.25, -0.2) is 0 Å². The van der Waals surface area contributed by atoms with Gasteiger partial charge in [0.1, 0.15) is 0 Å². The SMILES string of the molecule is CCC(C)CC(C)NC(=O)Cc1sc(=S)[nH]c1C. The number of hydrogen-bond donors (Lipinski definition) is 2. The van der Waals surface area contributed by atoms with Crippen molar-refractivity contribution in [3.05, 3.63) is 14.5 Å². The third-order valence-electron chi connectivity index (χ3n) is 3.11. The maximum absolute atomic E-state index is 11.9. The summed E-state index contributed by atoms with van der Waals surface area (Å²) in [5.74, 6) is 0.732. The summed E-state index contributed by atoms with van der Waals surface area (Å²) in [6.45, 7) is 8.41. The second-order valence-electron chi connectivity index (χ2n) is 4.96. The van der Waals surface area contributed by atoms with Crippen molar-refractivity contribution in [2.45, 2.75) is 53.0 Å². The smallest absolute Gasteiger partial charge is 0.225 e. The van der Waals surface area contributed by atoms with Gasteiger partial charge in [0.15, 0.2) is 3.95 Å². The Morgan fingerprint density at radius 2 is 2.17 bits per heavy atom. The number of rotatable bonds is 6. The molecule has 2 atom stereocenters. The molecule has 1 rings (SSSR count). The van der Waals surface area contributed by atoms with Gasteiger partial charge in [0.25, 0.3) is 0 Å². The fraction of sp³-hybridized carbons (Fsp3) is 0.692. The van der Waals surface area contributed by atoms with Crippen LogP contribution in [0, 0.1) is 16.8 Å². The van der Waals surface area contributed by atoms with E-state index in [-0.39, 0.29) is 11.9 Å². The van der Waals surface area contributed by atoms with Crippen molar-refractivity contribution in [3.63, 3.8) is 0 Å². The Hall–Kier alpha value is -0.680. The lowest BCUT2D eigenvalue weighted by Gasteiger charge is -2.17. The first-order chi connectivity index (χ1) is 8.42. The van der Waals surface area contributed by atoms with E-state index in [4.69, 9.17) is 12.2 Å². The number of carbonyl (C=O) groups excluding carboxylic acids is 1. The van der Waals surface area contributed by atoms with Crippen LogP contribution in [0.1, 0.15) is 44.2 Å². The summed E-state index contributed by atoms with van der Waals surface area (Å²) in [7, 11) is 0. The van der Waals surface area contributed by atoms with Gasteiger partial charge in [0.05, 0.1) is 6.42 Å². The minimum atomic E-state index is 0.0825. The highest BCUT2D eigenvalue weighted by Crippen LogP contribution is 2.15. The molecular formula is C13H22N2OS2. The molecule has 0 bridgehead atoms. The van der Waals surface area contributed by atoms with E-state index in [0.29, 0.717) is 12.3 Å². The van der Waals surface area contributed by atoms with Gasteiger partial charge >= 0.3 is 0 Å². The van der Waals surface area contributed by atoms with Crippen LogP contribution in [0.4, 0.5) is 0 Å². The second-order valence-corrected chi connectivity index (χ2v) is 6.73. The van der Waals surface area contributed by atoms with Gasteiger partial charge in [0.2, 0.25) is 5.91 Å². The van der Waals surface area contributed by atoms with Crippen molar-refractivity contribution in [2.24, 2.45) is 5.92 Å². The Morgan fingerprint density at radius 3 is 2.67 bits per heavy atom. The maximum atomic E-state index is 11.9. The summed E-state index contributed by atoms with van der Waals surface area (Å²) in [5.41, 5.74) is 1.01. The number of aromatic amines is 1. The minimum absolute atomic E-state index is 0.0825. The predicted molar refractivity (Wildman–Crippen MR) is 79.6 cm³/mol. The average molecular weight is 286 g/mol. The highest BCUT2D eigenvalue weighted by Gasteiger charge is 2.13. The highest BCUT2D eigenvalue weighted by atomic mass is 32.1. The van der Waals surface area contributed by atoms with E-state index < -0.39 is 0 Å². The molecule has 0 saturated carbocycles. The quantitative estimate of drug-likeness (QED) is 0.785. The summed E-state index contributed by atoms with van der Waals surface area (Å²) in [6.07, 6.45) is 2.61. The Morgan fingerprint density at radius 1 is 1.50 bits per heavy atom. The lowest BCUT2D eigenvalue weighted by molar-refractivity contribution is -0.121. The molecule has 1 heterocycles. The van der Waals surface area contributed by atoms with Crippen molar-refractivity contribution in [1.82, 2.24) is 10.3 Å². The van der Waals surface area contributed by atoms with Crippen LogP contribution in [0.2, 0.25) is 0 Å². The standard InChI is InChI=1S/C13H22N2OS2/c1-5-8(2)6-9(3)14-12(16)7-11-10(4)15-13(17)18-11/h8-9H,5-7H2,1-4H3,(H,14,16)(H,15,17). The van der Waals surface area contributed by atoms with E-state index in [1.54, 1.807) is 0 Å². The molecule has 0 aliphatic heterocycles. The molecule has 5 heteroatoms. The molecule has 1 amide bonds. The summed E-state index contributed by atoms with van der Waals surface area (Å²) < 4.78 is 0.739. The number of H-pyrrole nitrogens is 1. The summed E-state index contributed by atoms with van der Waals surface area (Å²) in [6, 6.07) is 0.236. The fourth-order valence-electron chi connectivity index (χ4n) is 1.91. The molecule has 18 heavy (non-hydrogen) atoms. The molecule has 0 aliphatic rings. The third-order valence-corrected chi connectivity index (χ3v) is 4.44. The molecule has 0 spiro atoms. The predicted octanol–water partition coefficient (Wildman–Crippen LogP) is 3.60. The molecule has 3 nitrogen and oxygen atoms in total. The van der Waals surface area contributed by atoms with Crippen LogP contribution in [0.25, 0.3) is 0 Å². The number of hydrogen-bond acceptors (Lipinski definition) is 3. The number of thiazole rings is 1. The molecule has 0 aliphatic carbocycles. The molecule has 2 N–H and O–H groups in total. The van der Waals surface area contributed by atoms with Crippen LogP contribution in [0.15, 0.2) is 0 Å². The van der Waals surface area contributed by atoms with Gasteiger partial charge in [-0.05, 0) is 38.4 Å². The second kappa shape index (κ2) is 7.04. The number of carbonyl (C=O) groups is 1. The molecule has 0 aromatic carbocycles. The molecule has 0 fully saturated rings. The van der Waals surface area contributed by atoms with E-state index in [9.17, 15) is 4.79 Å². The van der Waals surface area contributed by atoms with E-state index in [2.05, 4.69) is 31.1 Å². The summed E-state index contributed by atoms with van der Waals surface area (Å²) in [5, 5.41) is 3.05. The highest BCUT2D eigenvalue weighted by molar-refractivity contribution is 7.73. The maximum Gasteiger partial charge on any atom is 0.225 e. The summed E-state index contributed by atoms with van der Waals surface area (Å²) >= 11 is 6.55. The largest absolute Gasteiger partial charge is 0.353 e. The lowest BCUT2D eigenvalue weighted by atomic mass is 10.0. The van der Waals surface area contributed by atoms with Crippen molar-refractivity contribution < 1.29 is 4.79 Å². The first-order valence-corrected chi connectivity index (χ1v) is 7.62. The van der Waals surface area contributed by atoms with Crippen LogP contribution in [0.5, 0.6) is 0 Å². The van der Waals surface area contributed by atoms with Crippen molar-refractivity contribution in [2.75, 3.05) is 0 Å². The minimum Gasteiger partial charge on any atom is -0.353 e. The molecule has 1 aromatic rings.